The summed E-state index contributed by atoms with van der Waals surface area (Å²) in [7, 11) is 0. The Labute approximate surface area is 68.2 Å². The van der Waals surface area contributed by atoms with Gasteiger partial charge in [-0.05, 0) is 18.8 Å². The standard InChI is InChI=1S/C9H15NO/c1-8(2)3-4-9(5-10)6-11-7-9/h8H,3-4,6-7H2,1-2H3. The van der Waals surface area contributed by atoms with Crippen LogP contribution >= 0.6 is 0 Å². The first-order chi connectivity index (χ1) is 5.18. The van der Waals surface area contributed by atoms with E-state index in [0.717, 1.165) is 12.8 Å². The molecule has 1 saturated heterocycles. The van der Waals surface area contributed by atoms with Crippen LogP contribution in [0.15, 0.2) is 0 Å². The van der Waals surface area contributed by atoms with Crippen molar-refractivity contribution in [2.75, 3.05) is 13.2 Å². The smallest absolute Gasteiger partial charge is 0.104 e. The van der Waals surface area contributed by atoms with Gasteiger partial charge in [0, 0.05) is 0 Å². The minimum Gasteiger partial charge on any atom is -0.378 e. The molecule has 0 bridgehead atoms. The highest BCUT2D eigenvalue weighted by atomic mass is 16.5. The lowest BCUT2D eigenvalue weighted by Crippen LogP contribution is -2.41. The van der Waals surface area contributed by atoms with Crippen molar-refractivity contribution in [1.82, 2.24) is 0 Å². The zero-order valence-corrected chi connectivity index (χ0v) is 7.26. The Balaban J connectivity index is 2.29. The van der Waals surface area contributed by atoms with E-state index in [4.69, 9.17) is 10.00 Å². The van der Waals surface area contributed by atoms with Gasteiger partial charge in [-0.2, -0.15) is 5.26 Å². The van der Waals surface area contributed by atoms with Crippen molar-refractivity contribution in [1.29, 1.82) is 5.26 Å². The normalized spacial score (nSPS) is 20.9. The topological polar surface area (TPSA) is 33.0 Å². The summed E-state index contributed by atoms with van der Waals surface area (Å²) < 4.78 is 5.04. The van der Waals surface area contributed by atoms with E-state index in [-0.39, 0.29) is 5.41 Å². The van der Waals surface area contributed by atoms with E-state index in [9.17, 15) is 0 Å². The summed E-state index contributed by atoms with van der Waals surface area (Å²) in [6.07, 6.45) is 2.14. The van der Waals surface area contributed by atoms with Gasteiger partial charge in [0.2, 0.25) is 0 Å². The molecular weight excluding hydrogens is 138 g/mol. The molecule has 0 N–H and O–H groups in total. The number of nitrogens with zero attached hydrogens (tertiary/aromatic N) is 1. The Bertz CT molecular complexity index is 165. The summed E-state index contributed by atoms with van der Waals surface area (Å²) in [4.78, 5) is 0. The fourth-order valence-electron chi connectivity index (χ4n) is 1.18. The average molecular weight is 153 g/mol. The highest BCUT2D eigenvalue weighted by Crippen LogP contribution is 2.32. The third-order valence-electron chi connectivity index (χ3n) is 2.19. The monoisotopic (exact) mass is 153 g/mol. The minimum atomic E-state index is -0.121. The third-order valence-corrected chi connectivity index (χ3v) is 2.19. The second kappa shape index (κ2) is 3.23. The van der Waals surface area contributed by atoms with E-state index >= 15 is 0 Å². The van der Waals surface area contributed by atoms with Crippen LogP contribution in [0.25, 0.3) is 0 Å². The fraction of sp³-hybridized carbons (Fsp3) is 0.889. The van der Waals surface area contributed by atoms with Gasteiger partial charge in [0.15, 0.2) is 0 Å². The molecule has 0 aromatic heterocycles. The Morgan fingerprint density at radius 3 is 2.45 bits per heavy atom. The van der Waals surface area contributed by atoms with Crippen LogP contribution in [0.2, 0.25) is 0 Å². The molecule has 1 heterocycles. The predicted molar refractivity (Wildman–Crippen MR) is 42.9 cm³/mol. The molecule has 0 spiro atoms. The first-order valence-corrected chi connectivity index (χ1v) is 4.17. The molecular formula is C9H15NO. The van der Waals surface area contributed by atoms with Gasteiger partial charge in [0.1, 0.15) is 5.41 Å². The van der Waals surface area contributed by atoms with E-state index in [1.165, 1.54) is 0 Å². The highest BCUT2D eigenvalue weighted by molar-refractivity contribution is 5.03. The van der Waals surface area contributed by atoms with Crippen molar-refractivity contribution in [2.24, 2.45) is 11.3 Å². The van der Waals surface area contributed by atoms with Crippen molar-refractivity contribution in [3.05, 3.63) is 0 Å². The first kappa shape index (κ1) is 8.55. The maximum Gasteiger partial charge on any atom is 0.104 e. The van der Waals surface area contributed by atoms with Crippen LogP contribution < -0.4 is 0 Å². The molecule has 2 nitrogen and oxygen atoms in total. The summed E-state index contributed by atoms with van der Waals surface area (Å²) in [5.41, 5.74) is -0.121. The molecule has 11 heavy (non-hydrogen) atoms. The van der Waals surface area contributed by atoms with Crippen LogP contribution in [0.1, 0.15) is 26.7 Å². The Kier molecular flexibility index (Phi) is 2.51. The molecule has 1 aliphatic rings. The second-order valence-electron chi connectivity index (χ2n) is 3.82. The lowest BCUT2D eigenvalue weighted by Gasteiger charge is -2.35. The molecule has 0 unspecified atom stereocenters. The molecule has 1 aliphatic heterocycles. The molecule has 0 amide bonds. The molecule has 0 saturated carbocycles. The Hall–Kier alpha value is -0.550. The van der Waals surface area contributed by atoms with Crippen LogP contribution in [0.4, 0.5) is 0 Å². The fourth-order valence-corrected chi connectivity index (χ4v) is 1.18. The molecule has 1 fully saturated rings. The number of hydrogen-bond acceptors (Lipinski definition) is 2. The van der Waals surface area contributed by atoms with Crippen molar-refractivity contribution in [3.8, 4) is 6.07 Å². The van der Waals surface area contributed by atoms with Gasteiger partial charge in [-0.3, -0.25) is 0 Å². The van der Waals surface area contributed by atoms with Gasteiger partial charge in [0.25, 0.3) is 0 Å². The molecule has 0 aromatic carbocycles. The Morgan fingerprint density at radius 2 is 2.18 bits per heavy atom. The van der Waals surface area contributed by atoms with E-state index in [1.54, 1.807) is 0 Å². The minimum absolute atomic E-state index is 0.121. The van der Waals surface area contributed by atoms with E-state index in [1.807, 2.05) is 0 Å². The van der Waals surface area contributed by atoms with Crippen molar-refractivity contribution >= 4 is 0 Å². The Morgan fingerprint density at radius 1 is 1.55 bits per heavy atom. The van der Waals surface area contributed by atoms with Gasteiger partial charge in [0.05, 0.1) is 19.3 Å². The van der Waals surface area contributed by atoms with E-state index < -0.39 is 0 Å². The average Bonchev–Trinajstić information content (AvgIpc) is 1.86. The van der Waals surface area contributed by atoms with Crippen molar-refractivity contribution in [3.63, 3.8) is 0 Å². The first-order valence-electron chi connectivity index (χ1n) is 4.17. The molecule has 0 atom stereocenters. The summed E-state index contributed by atoms with van der Waals surface area (Å²) in [5, 5.41) is 8.82. The lowest BCUT2D eigenvalue weighted by atomic mass is 9.81. The highest BCUT2D eigenvalue weighted by Gasteiger charge is 2.38. The zero-order valence-electron chi connectivity index (χ0n) is 7.26. The van der Waals surface area contributed by atoms with Gasteiger partial charge in [-0.25, -0.2) is 0 Å². The lowest BCUT2D eigenvalue weighted by molar-refractivity contribution is -0.0832. The SMILES string of the molecule is CC(C)CCC1(C#N)COC1. The van der Waals surface area contributed by atoms with Crippen molar-refractivity contribution in [2.45, 2.75) is 26.7 Å². The van der Waals surface area contributed by atoms with E-state index in [2.05, 4.69) is 19.9 Å². The van der Waals surface area contributed by atoms with Crippen molar-refractivity contribution < 1.29 is 4.74 Å². The molecule has 0 aliphatic carbocycles. The maximum atomic E-state index is 8.82. The summed E-state index contributed by atoms with van der Waals surface area (Å²) >= 11 is 0. The van der Waals surface area contributed by atoms with Crippen LogP contribution in [0.5, 0.6) is 0 Å². The predicted octanol–water partition coefficient (Wildman–Crippen LogP) is 1.96. The van der Waals surface area contributed by atoms with Gasteiger partial charge in [-0.15, -0.1) is 0 Å². The zero-order chi connectivity index (χ0) is 8.32. The molecule has 0 radical (unpaired) electrons. The van der Waals surface area contributed by atoms with Crippen LogP contribution in [-0.4, -0.2) is 13.2 Å². The van der Waals surface area contributed by atoms with Crippen LogP contribution in [0, 0.1) is 22.7 Å². The molecule has 2 heteroatoms. The van der Waals surface area contributed by atoms with Gasteiger partial charge < -0.3 is 4.74 Å². The summed E-state index contributed by atoms with van der Waals surface area (Å²) in [5.74, 6) is 0.695. The van der Waals surface area contributed by atoms with Gasteiger partial charge >= 0.3 is 0 Å². The number of ether oxygens (including phenoxy) is 1. The largest absolute Gasteiger partial charge is 0.378 e. The summed E-state index contributed by atoms with van der Waals surface area (Å²) in [6, 6.07) is 2.35. The molecule has 1 rings (SSSR count). The van der Waals surface area contributed by atoms with E-state index in [0.29, 0.717) is 19.1 Å². The molecule has 62 valence electrons. The van der Waals surface area contributed by atoms with Crippen LogP contribution in [0.3, 0.4) is 0 Å². The molecule has 0 aromatic rings. The maximum absolute atomic E-state index is 8.82. The quantitative estimate of drug-likeness (QED) is 0.621. The second-order valence-corrected chi connectivity index (χ2v) is 3.82. The number of nitriles is 1. The summed E-state index contributed by atoms with van der Waals surface area (Å²) in [6.45, 7) is 5.67. The number of rotatable bonds is 3. The number of hydrogen-bond donors (Lipinski definition) is 0. The third kappa shape index (κ3) is 1.94. The van der Waals surface area contributed by atoms with Crippen LogP contribution in [-0.2, 0) is 4.74 Å². The van der Waals surface area contributed by atoms with Gasteiger partial charge in [-0.1, -0.05) is 13.8 Å².